The number of rotatable bonds is 8. The van der Waals surface area contributed by atoms with Crippen LogP contribution in [0.3, 0.4) is 0 Å². The molecule has 0 radical (unpaired) electrons. The van der Waals surface area contributed by atoms with Gasteiger partial charge in [-0.1, -0.05) is 20.3 Å². The third-order valence-corrected chi connectivity index (χ3v) is 6.65. The van der Waals surface area contributed by atoms with Crippen LogP contribution in [0.1, 0.15) is 68.1 Å². The van der Waals surface area contributed by atoms with E-state index >= 15 is 0 Å². The number of hydrazine groups is 1. The summed E-state index contributed by atoms with van der Waals surface area (Å²) in [6.45, 7) is 6.74. The summed E-state index contributed by atoms with van der Waals surface area (Å²) in [6.07, 6.45) is 8.22. The topological polar surface area (TPSA) is 102 Å². The average Bonchev–Trinajstić information content (AvgIpc) is 3.19. The number of thiazole rings is 1. The minimum atomic E-state index is 0.293. The van der Waals surface area contributed by atoms with Gasteiger partial charge in [-0.15, -0.1) is 11.3 Å². The average molecular weight is 431 g/mol. The van der Waals surface area contributed by atoms with Crippen molar-refractivity contribution in [3.63, 3.8) is 0 Å². The van der Waals surface area contributed by atoms with E-state index in [0.717, 1.165) is 35.1 Å². The Bertz CT molecular complexity index is 870. The molecule has 5 N–H and O–H groups in total. The van der Waals surface area contributed by atoms with Crippen molar-refractivity contribution >= 4 is 22.2 Å². The Morgan fingerprint density at radius 1 is 1.30 bits per heavy atom. The fourth-order valence-electron chi connectivity index (χ4n) is 3.54. The van der Waals surface area contributed by atoms with Gasteiger partial charge in [-0.2, -0.15) is 0 Å². The van der Waals surface area contributed by atoms with Gasteiger partial charge in [0.25, 0.3) is 0 Å². The lowest BCUT2D eigenvalue weighted by atomic mass is 9.98. The minimum Gasteiger partial charge on any atom is -0.489 e. The standard InChI is InChI=1S/C22H34N6OS/c1-14(2)20-13-26-22(30-20)25-12-18(28(4)24)21(23)17-10-11-19(15(3)27-17)29-16-8-6-5-7-9-16/h10-11,13-14,16H,5-9,12,23-24H2,1-4H3,(H,25,26)/b21-18-. The Kier molecular flexibility index (Phi) is 7.55. The van der Waals surface area contributed by atoms with Crippen LogP contribution in [0.5, 0.6) is 5.75 Å². The van der Waals surface area contributed by atoms with E-state index in [1.54, 1.807) is 18.4 Å². The van der Waals surface area contributed by atoms with Crippen molar-refractivity contribution < 1.29 is 4.74 Å². The predicted molar refractivity (Wildman–Crippen MR) is 124 cm³/mol. The molecule has 1 fully saturated rings. The van der Waals surface area contributed by atoms with Crippen molar-refractivity contribution in [2.24, 2.45) is 11.6 Å². The van der Waals surface area contributed by atoms with E-state index in [4.69, 9.17) is 21.3 Å². The highest BCUT2D eigenvalue weighted by Crippen LogP contribution is 2.27. The van der Waals surface area contributed by atoms with Gasteiger partial charge < -0.3 is 20.8 Å². The maximum Gasteiger partial charge on any atom is 0.183 e. The van der Waals surface area contributed by atoms with Gasteiger partial charge in [-0.25, -0.2) is 15.8 Å². The zero-order chi connectivity index (χ0) is 21.7. The zero-order valence-electron chi connectivity index (χ0n) is 18.4. The molecule has 0 saturated heterocycles. The normalized spacial score (nSPS) is 15.8. The molecule has 0 atom stereocenters. The first-order chi connectivity index (χ1) is 14.3. The number of anilines is 1. The molecule has 0 aromatic carbocycles. The summed E-state index contributed by atoms with van der Waals surface area (Å²) in [5.74, 6) is 7.36. The molecule has 1 aliphatic rings. The third kappa shape index (κ3) is 5.64. The second kappa shape index (κ2) is 10.1. The molecule has 0 unspecified atom stereocenters. The molecule has 1 saturated carbocycles. The van der Waals surface area contributed by atoms with Gasteiger partial charge in [0.2, 0.25) is 0 Å². The first-order valence-electron chi connectivity index (χ1n) is 10.7. The van der Waals surface area contributed by atoms with Gasteiger partial charge in [0.15, 0.2) is 5.13 Å². The van der Waals surface area contributed by atoms with E-state index in [9.17, 15) is 0 Å². The first-order valence-corrected chi connectivity index (χ1v) is 11.5. The summed E-state index contributed by atoms with van der Waals surface area (Å²) in [7, 11) is 1.78. The molecule has 1 aliphatic carbocycles. The van der Waals surface area contributed by atoms with Crippen molar-refractivity contribution in [3.05, 3.63) is 40.3 Å². The lowest BCUT2D eigenvalue weighted by Gasteiger charge is -2.24. The second-order valence-corrected chi connectivity index (χ2v) is 9.27. The lowest BCUT2D eigenvalue weighted by molar-refractivity contribution is 0.153. The number of ether oxygens (including phenoxy) is 1. The van der Waals surface area contributed by atoms with Crippen LogP contribution in [-0.2, 0) is 0 Å². The number of aromatic nitrogens is 2. The molecular weight excluding hydrogens is 396 g/mol. The number of nitrogens with one attached hydrogen (secondary N) is 1. The van der Waals surface area contributed by atoms with E-state index in [1.807, 2.05) is 25.3 Å². The largest absolute Gasteiger partial charge is 0.489 e. The summed E-state index contributed by atoms with van der Waals surface area (Å²) in [5.41, 5.74) is 9.29. The minimum absolute atomic E-state index is 0.293. The molecule has 164 valence electrons. The van der Waals surface area contributed by atoms with Gasteiger partial charge in [-0.05, 0) is 50.7 Å². The quantitative estimate of drug-likeness (QED) is 0.425. The number of hydrogen-bond acceptors (Lipinski definition) is 8. The van der Waals surface area contributed by atoms with Gasteiger partial charge in [0.1, 0.15) is 5.75 Å². The van der Waals surface area contributed by atoms with Crippen LogP contribution in [-0.4, -0.2) is 34.7 Å². The Labute approximate surface area is 183 Å². The van der Waals surface area contributed by atoms with Crippen LogP contribution in [0.2, 0.25) is 0 Å². The van der Waals surface area contributed by atoms with Crippen LogP contribution in [0, 0.1) is 6.92 Å². The lowest BCUT2D eigenvalue weighted by Crippen LogP contribution is -2.32. The Balaban J connectivity index is 1.73. The van der Waals surface area contributed by atoms with Crippen LogP contribution in [0.4, 0.5) is 5.13 Å². The highest BCUT2D eigenvalue weighted by atomic mass is 32.1. The fraction of sp³-hybridized carbons (Fsp3) is 0.545. The van der Waals surface area contributed by atoms with Gasteiger partial charge >= 0.3 is 0 Å². The molecule has 0 bridgehead atoms. The predicted octanol–water partition coefficient (Wildman–Crippen LogP) is 4.23. The number of pyridine rings is 1. The van der Waals surface area contributed by atoms with Gasteiger partial charge in [0, 0.05) is 18.1 Å². The molecule has 2 aromatic rings. The molecular formula is C22H34N6OS. The van der Waals surface area contributed by atoms with Crippen molar-refractivity contribution in [2.45, 2.75) is 64.9 Å². The SMILES string of the molecule is Cc1nc(/C(N)=C(\CNc2ncc(C(C)C)s2)N(C)N)ccc1OC1CCCCC1. The van der Waals surface area contributed by atoms with Crippen molar-refractivity contribution in [3.8, 4) is 5.75 Å². The maximum absolute atomic E-state index is 6.46. The number of aryl methyl sites for hydroxylation is 1. The number of likely N-dealkylation sites (N-methyl/N-ethyl adjacent to an activating group) is 1. The summed E-state index contributed by atoms with van der Waals surface area (Å²) in [5, 5.41) is 5.71. The van der Waals surface area contributed by atoms with E-state index in [-0.39, 0.29) is 0 Å². The Hall–Kier alpha value is -2.32. The van der Waals surface area contributed by atoms with Crippen molar-refractivity contribution in [1.29, 1.82) is 0 Å². The van der Waals surface area contributed by atoms with Crippen LogP contribution in [0.15, 0.2) is 24.0 Å². The number of nitrogens with zero attached hydrogens (tertiary/aromatic N) is 3. The number of nitrogens with two attached hydrogens (primary N) is 2. The first kappa shape index (κ1) is 22.4. The van der Waals surface area contributed by atoms with E-state index in [0.29, 0.717) is 30.0 Å². The summed E-state index contributed by atoms with van der Waals surface area (Å²) < 4.78 is 6.18. The molecule has 0 spiro atoms. The monoisotopic (exact) mass is 430 g/mol. The van der Waals surface area contributed by atoms with Crippen molar-refractivity contribution in [1.82, 2.24) is 15.0 Å². The molecule has 30 heavy (non-hydrogen) atoms. The summed E-state index contributed by atoms with van der Waals surface area (Å²) in [4.78, 5) is 10.4. The highest BCUT2D eigenvalue weighted by molar-refractivity contribution is 7.15. The molecule has 7 nitrogen and oxygen atoms in total. The number of hydrogen-bond donors (Lipinski definition) is 3. The van der Waals surface area contributed by atoms with Crippen LogP contribution < -0.4 is 21.6 Å². The smallest absolute Gasteiger partial charge is 0.183 e. The van der Waals surface area contributed by atoms with Crippen LogP contribution in [0.25, 0.3) is 5.70 Å². The van der Waals surface area contributed by atoms with E-state index in [2.05, 4.69) is 24.1 Å². The third-order valence-electron chi connectivity index (χ3n) is 5.40. The molecule has 3 rings (SSSR count). The van der Waals surface area contributed by atoms with Gasteiger partial charge in [0.05, 0.1) is 35.4 Å². The Morgan fingerprint density at radius 3 is 2.63 bits per heavy atom. The molecule has 0 amide bonds. The summed E-state index contributed by atoms with van der Waals surface area (Å²) in [6, 6.07) is 3.88. The summed E-state index contributed by atoms with van der Waals surface area (Å²) >= 11 is 1.65. The highest BCUT2D eigenvalue weighted by Gasteiger charge is 2.17. The maximum atomic E-state index is 6.46. The fourth-order valence-corrected chi connectivity index (χ4v) is 4.35. The molecule has 0 aliphatic heterocycles. The molecule has 2 heterocycles. The Morgan fingerprint density at radius 2 is 2.03 bits per heavy atom. The van der Waals surface area contributed by atoms with Crippen LogP contribution >= 0.6 is 11.3 Å². The molecule has 8 heteroatoms. The second-order valence-electron chi connectivity index (χ2n) is 8.21. The van der Waals surface area contributed by atoms with E-state index < -0.39 is 0 Å². The zero-order valence-corrected chi connectivity index (χ0v) is 19.3. The van der Waals surface area contributed by atoms with E-state index in [1.165, 1.54) is 29.1 Å². The van der Waals surface area contributed by atoms with Gasteiger partial charge in [-0.3, -0.25) is 0 Å². The molecule has 2 aromatic heterocycles. The van der Waals surface area contributed by atoms with Crippen molar-refractivity contribution in [2.75, 3.05) is 18.9 Å².